The molecule has 2 fully saturated rings. The van der Waals surface area contributed by atoms with Gasteiger partial charge in [0.25, 0.3) is 0 Å². The number of aliphatic carboxylic acids is 2. The zero-order valence-electron chi connectivity index (χ0n) is 24.1. The topological polar surface area (TPSA) is 137 Å². The van der Waals surface area contributed by atoms with Crippen LogP contribution in [0.25, 0.3) is 0 Å². The normalized spacial score (nSPS) is 17.4. The summed E-state index contributed by atoms with van der Waals surface area (Å²) in [5.41, 5.74) is 0.619. The predicted octanol–water partition coefficient (Wildman–Crippen LogP) is 4.49. The lowest BCUT2D eigenvalue weighted by Gasteiger charge is -2.42. The van der Waals surface area contributed by atoms with Crippen LogP contribution in [0.1, 0.15) is 30.4 Å². The number of hydrogen-bond donors (Lipinski definition) is 3. The van der Waals surface area contributed by atoms with Crippen LogP contribution >= 0.6 is 0 Å². The third kappa shape index (κ3) is 7.69. The molecule has 1 amide bonds. The molecule has 0 aromatic heterocycles. The maximum Gasteiger partial charge on any atom is 0.414 e. The van der Waals surface area contributed by atoms with Crippen LogP contribution in [0.3, 0.4) is 0 Å². The van der Waals surface area contributed by atoms with Crippen molar-refractivity contribution in [2.45, 2.75) is 31.0 Å². The molecule has 234 valence electrons. The molecule has 1 unspecified atom stereocenters. The fourth-order valence-corrected chi connectivity index (χ4v) is 5.59. The maximum absolute atomic E-state index is 13.6. The lowest BCUT2D eigenvalue weighted by atomic mass is 9.72. The van der Waals surface area contributed by atoms with E-state index in [9.17, 15) is 18.7 Å². The Hall–Kier alpha value is -4.55. The van der Waals surface area contributed by atoms with Gasteiger partial charge in [-0.2, -0.15) is 0 Å². The van der Waals surface area contributed by atoms with E-state index >= 15 is 0 Å². The van der Waals surface area contributed by atoms with Crippen molar-refractivity contribution in [1.29, 1.82) is 0 Å². The summed E-state index contributed by atoms with van der Waals surface area (Å²) in [6, 6.07) is 19.1. The fourth-order valence-electron chi connectivity index (χ4n) is 5.59. The first-order chi connectivity index (χ1) is 21.0. The molecule has 2 aliphatic rings. The summed E-state index contributed by atoms with van der Waals surface area (Å²) in [5.74, 6) is -3.78. The maximum atomic E-state index is 13.6. The molecular formula is C32H34F2N2O8. The number of rotatable bonds is 8. The summed E-state index contributed by atoms with van der Waals surface area (Å²) < 4.78 is 38.1. The van der Waals surface area contributed by atoms with Crippen LogP contribution in [0.15, 0.2) is 72.8 Å². The minimum atomic E-state index is -1.82. The molecule has 3 N–H and O–H groups in total. The van der Waals surface area contributed by atoms with Gasteiger partial charge in [-0.3, -0.25) is 4.90 Å². The first-order valence-electron chi connectivity index (χ1n) is 14.1. The second-order valence-electron chi connectivity index (χ2n) is 10.6. The van der Waals surface area contributed by atoms with Gasteiger partial charge in [0, 0.05) is 12.2 Å². The number of nitrogens with zero attached hydrogens (tertiary/aromatic N) is 2. The van der Waals surface area contributed by atoms with E-state index in [2.05, 4.69) is 4.90 Å². The number of piperidine rings is 1. The number of carbonyl (C=O) groups is 3. The molecule has 0 bridgehead atoms. The highest BCUT2D eigenvalue weighted by atomic mass is 19.1. The Balaban J connectivity index is 0.000000670. The van der Waals surface area contributed by atoms with Crippen molar-refractivity contribution in [2.75, 3.05) is 38.2 Å². The minimum absolute atomic E-state index is 0.121. The molecule has 0 radical (unpaired) electrons. The molecule has 2 aliphatic heterocycles. The van der Waals surface area contributed by atoms with Gasteiger partial charge in [0.1, 0.15) is 29.1 Å². The second kappa shape index (κ2) is 14.3. The number of cyclic esters (lactones) is 1. The van der Waals surface area contributed by atoms with Crippen LogP contribution < -0.4 is 9.64 Å². The largest absolute Gasteiger partial charge is 0.497 e. The van der Waals surface area contributed by atoms with Gasteiger partial charge in [-0.1, -0.05) is 24.3 Å². The van der Waals surface area contributed by atoms with Crippen LogP contribution in [0, 0.1) is 17.6 Å². The van der Waals surface area contributed by atoms with E-state index < -0.39 is 17.5 Å². The molecule has 2 saturated heterocycles. The summed E-state index contributed by atoms with van der Waals surface area (Å²) in [5, 5.41) is 26.8. The Morgan fingerprint density at radius 1 is 0.886 bits per heavy atom. The van der Waals surface area contributed by atoms with E-state index in [-0.39, 0.29) is 29.7 Å². The number of methoxy groups -OCH3 is 1. The average molecular weight is 613 g/mol. The van der Waals surface area contributed by atoms with E-state index in [0.717, 1.165) is 31.1 Å². The van der Waals surface area contributed by atoms with Crippen molar-refractivity contribution in [3.63, 3.8) is 0 Å². The Morgan fingerprint density at radius 3 is 1.84 bits per heavy atom. The highest BCUT2D eigenvalue weighted by molar-refractivity contribution is 6.27. The Kier molecular flexibility index (Phi) is 10.5. The van der Waals surface area contributed by atoms with Crippen molar-refractivity contribution >= 4 is 23.7 Å². The van der Waals surface area contributed by atoms with Crippen LogP contribution in [-0.4, -0.2) is 77.6 Å². The SMILES string of the molecule is COc1ccc(N2CC(CCN3CCC(C(O)(c4ccc(F)cc4)c4ccc(F)cc4)CC3)OC2=O)cc1.O=C(O)C(=O)O. The smallest absolute Gasteiger partial charge is 0.414 e. The summed E-state index contributed by atoms with van der Waals surface area (Å²) in [6.45, 7) is 2.79. The van der Waals surface area contributed by atoms with Crippen LogP contribution in [0.5, 0.6) is 5.75 Å². The standard InChI is InChI=1S/C30H32F2N2O4.C2H2O4/c1-37-27-12-10-26(11-13-27)34-20-28(38-29(34)35)16-19-33-17-14-23(15-18-33)30(36,21-2-6-24(31)7-3-21)22-4-8-25(32)9-5-22;3-1(4)2(5)6/h2-13,23,28,36H,14-20H2,1H3;(H,3,4)(H,5,6). The van der Waals surface area contributed by atoms with Crippen LogP contribution in [0.4, 0.5) is 19.3 Å². The number of carboxylic acids is 2. The van der Waals surface area contributed by atoms with Gasteiger partial charge in [0.15, 0.2) is 0 Å². The van der Waals surface area contributed by atoms with E-state index in [1.54, 1.807) is 36.3 Å². The predicted molar refractivity (Wildman–Crippen MR) is 155 cm³/mol. The van der Waals surface area contributed by atoms with Crippen molar-refractivity contribution < 1.29 is 48.0 Å². The number of carbonyl (C=O) groups excluding carboxylic acids is 1. The molecule has 12 heteroatoms. The average Bonchev–Trinajstić information content (AvgIpc) is 3.41. The molecule has 0 spiro atoms. The molecule has 0 aliphatic carbocycles. The third-order valence-corrected chi connectivity index (χ3v) is 7.96. The number of benzene rings is 3. The number of aliphatic hydroxyl groups is 1. The molecule has 1 atom stereocenters. The van der Waals surface area contributed by atoms with Crippen LogP contribution in [-0.2, 0) is 19.9 Å². The first-order valence-corrected chi connectivity index (χ1v) is 14.1. The van der Waals surface area contributed by atoms with Crippen molar-refractivity contribution in [2.24, 2.45) is 5.92 Å². The van der Waals surface area contributed by atoms with Gasteiger partial charge < -0.3 is 29.7 Å². The van der Waals surface area contributed by atoms with E-state index in [1.807, 2.05) is 24.3 Å². The highest BCUT2D eigenvalue weighted by Gasteiger charge is 2.42. The van der Waals surface area contributed by atoms with Gasteiger partial charge in [-0.05, 0) is 97.9 Å². The molecule has 10 nitrogen and oxygen atoms in total. The highest BCUT2D eigenvalue weighted by Crippen LogP contribution is 2.42. The second-order valence-corrected chi connectivity index (χ2v) is 10.6. The van der Waals surface area contributed by atoms with E-state index in [4.69, 9.17) is 29.3 Å². The summed E-state index contributed by atoms with van der Waals surface area (Å²) in [4.78, 5) is 34.6. The zero-order valence-corrected chi connectivity index (χ0v) is 24.1. The molecule has 2 heterocycles. The van der Waals surface area contributed by atoms with Gasteiger partial charge in [0.05, 0.1) is 13.7 Å². The van der Waals surface area contributed by atoms with Crippen molar-refractivity contribution in [1.82, 2.24) is 4.90 Å². The summed E-state index contributed by atoms with van der Waals surface area (Å²) in [7, 11) is 1.60. The van der Waals surface area contributed by atoms with E-state index in [1.165, 1.54) is 24.3 Å². The Bertz CT molecular complexity index is 1370. The fraction of sp³-hybridized carbons (Fsp3) is 0.344. The summed E-state index contributed by atoms with van der Waals surface area (Å²) in [6.07, 6.45) is 1.60. The number of hydrogen-bond acceptors (Lipinski definition) is 7. The quantitative estimate of drug-likeness (QED) is 0.314. The first kappa shape index (κ1) is 32.4. The third-order valence-electron chi connectivity index (χ3n) is 7.96. The van der Waals surface area contributed by atoms with Crippen molar-refractivity contribution in [3.8, 4) is 5.75 Å². The summed E-state index contributed by atoms with van der Waals surface area (Å²) >= 11 is 0. The van der Waals surface area contributed by atoms with Gasteiger partial charge in [-0.25, -0.2) is 23.2 Å². The molecule has 0 saturated carbocycles. The van der Waals surface area contributed by atoms with Crippen molar-refractivity contribution in [3.05, 3.63) is 95.6 Å². The molecular weight excluding hydrogens is 578 g/mol. The molecule has 3 aromatic rings. The molecule has 44 heavy (non-hydrogen) atoms. The zero-order chi connectivity index (χ0) is 31.9. The number of likely N-dealkylation sites (tertiary alicyclic amines) is 1. The monoisotopic (exact) mass is 612 g/mol. The number of anilines is 1. The molecule has 5 rings (SSSR count). The lowest BCUT2D eigenvalue weighted by Crippen LogP contribution is -2.44. The number of halogens is 2. The number of amides is 1. The number of carboxylic acid groups (broad SMARTS) is 2. The minimum Gasteiger partial charge on any atom is -0.497 e. The Labute approximate surface area is 253 Å². The molecule has 3 aromatic carbocycles. The van der Waals surface area contributed by atoms with Gasteiger partial charge in [-0.15, -0.1) is 0 Å². The van der Waals surface area contributed by atoms with E-state index in [0.29, 0.717) is 36.9 Å². The Morgan fingerprint density at radius 2 is 1.39 bits per heavy atom. The van der Waals surface area contributed by atoms with Gasteiger partial charge in [0.2, 0.25) is 0 Å². The lowest BCUT2D eigenvalue weighted by molar-refractivity contribution is -0.159. The van der Waals surface area contributed by atoms with Gasteiger partial charge >= 0.3 is 18.0 Å². The van der Waals surface area contributed by atoms with Crippen LogP contribution in [0.2, 0.25) is 0 Å². The number of ether oxygens (including phenoxy) is 2.